The summed E-state index contributed by atoms with van der Waals surface area (Å²) in [5, 5.41) is 0.481. The molecule has 12 heavy (non-hydrogen) atoms. The highest BCUT2D eigenvalue weighted by atomic mass is 32.1. The van der Waals surface area contributed by atoms with Crippen LogP contribution in [0.4, 0.5) is 0 Å². The van der Waals surface area contributed by atoms with Crippen molar-refractivity contribution in [2.24, 2.45) is 0 Å². The van der Waals surface area contributed by atoms with Crippen LogP contribution in [0.2, 0.25) is 0 Å². The van der Waals surface area contributed by atoms with Gasteiger partial charge in [-0.05, 0) is 32.4 Å². The molecule has 0 bridgehead atoms. The van der Waals surface area contributed by atoms with Crippen molar-refractivity contribution in [3.63, 3.8) is 0 Å². The van der Waals surface area contributed by atoms with E-state index in [1.165, 1.54) is 38.8 Å². The van der Waals surface area contributed by atoms with Crippen LogP contribution < -0.4 is 0 Å². The Bertz CT molecular complexity index is 89.8. The van der Waals surface area contributed by atoms with E-state index >= 15 is 0 Å². The van der Waals surface area contributed by atoms with E-state index < -0.39 is 0 Å². The zero-order chi connectivity index (χ0) is 9.40. The van der Waals surface area contributed by atoms with Crippen LogP contribution in [-0.2, 0) is 0 Å². The van der Waals surface area contributed by atoms with Crippen LogP contribution in [0.15, 0.2) is 0 Å². The minimum Gasteiger partial charge on any atom is -0.292 e. The molecule has 0 radical (unpaired) electrons. The third kappa shape index (κ3) is 5.04. The predicted octanol–water partition coefficient (Wildman–Crippen LogP) is 3.16. The molecule has 0 fully saturated rings. The fraction of sp³-hybridized carbons (Fsp3) is 1.00. The van der Waals surface area contributed by atoms with Gasteiger partial charge in [-0.3, -0.25) is 4.90 Å². The molecule has 74 valence electrons. The molecule has 0 aliphatic heterocycles. The van der Waals surface area contributed by atoms with Gasteiger partial charge in [-0.2, -0.15) is 12.6 Å². The number of hydrogen-bond donors (Lipinski definition) is 1. The third-order valence-electron chi connectivity index (χ3n) is 1.99. The summed E-state index contributed by atoms with van der Waals surface area (Å²) in [5.74, 6) is 0. The van der Waals surface area contributed by atoms with Crippen molar-refractivity contribution in [3.8, 4) is 0 Å². The molecule has 1 unspecified atom stereocenters. The predicted molar refractivity (Wildman–Crippen MR) is 59.8 cm³/mol. The number of thiol groups is 1. The summed E-state index contributed by atoms with van der Waals surface area (Å²) in [6, 6.07) is 0. The second-order valence-electron chi connectivity index (χ2n) is 3.31. The highest BCUT2D eigenvalue weighted by Crippen LogP contribution is 2.11. The highest BCUT2D eigenvalue weighted by Gasteiger charge is 2.10. The lowest BCUT2D eigenvalue weighted by atomic mass is 10.3. The maximum atomic E-state index is 4.60. The average Bonchev–Trinajstić information content (AvgIpc) is 2.04. The summed E-state index contributed by atoms with van der Waals surface area (Å²) >= 11 is 4.60. The average molecular weight is 189 g/mol. The van der Waals surface area contributed by atoms with E-state index in [-0.39, 0.29) is 0 Å². The Kier molecular flexibility index (Phi) is 8.14. The van der Waals surface area contributed by atoms with Crippen LogP contribution in [0, 0.1) is 0 Å². The largest absolute Gasteiger partial charge is 0.292 e. The zero-order valence-corrected chi connectivity index (χ0v) is 9.61. The molecule has 0 amide bonds. The van der Waals surface area contributed by atoms with Gasteiger partial charge >= 0.3 is 0 Å². The van der Waals surface area contributed by atoms with Gasteiger partial charge in [0.05, 0.1) is 5.37 Å². The topological polar surface area (TPSA) is 3.24 Å². The number of rotatable bonds is 7. The van der Waals surface area contributed by atoms with Crippen molar-refractivity contribution in [2.75, 3.05) is 13.1 Å². The highest BCUT2D eigenvalue weighted by molar-refractivity contribution is 7.80. The Balaban J connectivity index is 3.72. The van der Waals surface area contributed by atoms with Crippen molar-refractivity contribution in [1.29, 1.82) is 0 Å². The summed E-state index contributed by atoms with van der Waals surface area (Å²) in [4.78, 5) is 2.48. The molecule has 0 aromatic rings. The van der Waals surface area contributed by atoms with Gasteiger partial charge < -0.3 is 0 Å². The van der Waals surface area contributed by atoms with E-state index in [9.17, 15) is 0 Å². The summed E-state index contributed by atoms with van der Waals surface area (Å²) in [5.41, 5.74) is 0. The second-order valence-corrected chi connectivity index (χ2v) is 3.90. The SMILES string of the molecule is CCCC(S)N(CCC)CCC. The second kappa shape index (κ2) is 7.93. The van der Waals surface area contributed by atoms with Gasteiger partial charge in [0.15, 0.2) is 0 Å². The van der Waals surface area contributed by atoms with Gasteiger partial charge in [0.1, 0.15) is 0 Å². The molecule has 0 rings (SSSR count). The molecule has 0 aliphatic rings. The summed E-state index contributed by atoms with van der Waals surface area (Å²) < 4.78 is 0. The molecule has 2 heteroatoms. The van der Waals surface area contributed by atoms with Gasteiger partial charge in [-0.25, -0.2) is 0 Å². The van der Waals surface area contributed by atoms with Crippen LogP contribution >= 0.6 is 12.6 Å². The van der Waals surface area contributed by atoms with E-state index in [1.54, 1.807) is 0 Å². The quantitative estimate of drug-likeness (QED) is 0.475. The van der Waals surface area contributed by atoms with E-state index in [2.05, 4.69) is 38.3 Å². The van der Waals surface area contributed by atoms with Gasteiger partial charge in [0.2, 0.25) is 0 Å². The van der Waals surface area contributed by atoms with Crippen molar-refractivity contribution in [1.82, 2.24) is 4.90 Å². The molecule has 0 spiro atoms. The Labute approximate surface area is 82.9 Å². The Morgan fingerprint density at radius 2 is 1.50 bits per heavy atom. The fourth-order valence-electron chi connectivity index (χ4n) is 1.43. The summed E-state index contributed by atoms with van der Waals surface area (Å²) in [7, 11) is 0. The van der Waals surface area contributed by atoms with Gasteiger partial charge in [-0.1, -0.05) is 27.2 Å². The molecule has 1 nitrogen and oxygen atoms in total. The van der Waals surface area contributed by atoms with Gasteiger partial charge in [0.25, 0.3) is 0 Å². The lowest BCUT2D eigenvalue weighted by Crippen LogP contribution is -2.32. The van der Waals surface area contributed by atoms with Crippen LogP contribution in [-0.4, -0.2) is 23.4 Å². The van der Waals surface area contributed by atoms with Crippen molar-refractivity contribution in [2.45, 2.75) is 51.8 Å². The zero-order valence-electron chi connectivity index (χ0n) is 8.71. The third-order valence-corrected chi connectivity index (χ3v) is 2.57. The van der Waals surface area contributed by atoms with Crippen LogP contribution in [0.5, 0.6) is 0 Å². The number of nitrogens with zero attached hydrogens (tertiary/aromatic N) is 1. The summed E-state index contributed by atoms with van der Waals surface area (Å²) in [6.45, 7) is 9.08. The molecule has 0 saturated heterocycles. The molecule has 0 N–H and O–H groups in total. The molecule has 0 aromatic heterocycles. The minimum absolute atomic E-state index is 0.481. The minimum atomic E-state index is 0.481. The standard InChI is InChI=1S/C10H23NS/c1-4-7-10(12)11(8-5-2)9-6-3/h10,12H,4-9H2,1-3H3. The van der Waals surface area contributed by atoms with E-state index in [1.807, 2.05) is 0 Å². The molecule has 0 saturated carbocycles. The molecule has 0 heterocycles. The Morgan fingerprint density at radius 3 is 1.83 bits per heavy atom. The molecular weight excluding hydrogens is 166 g/mol. The van der Waals surface area contributed by atoms with E-state index in [0.29, 0.717) is 5.37 Å². The first kappa shape index (κ1) is 12.3. The van der Waals surface area contributed by atoms with Gasteiger partial charge in [-0.15, -0.1) is 0 Å². The van der Waals surface area contributed by atoms with Gasteiger partial charge in [0, 0.05) is 0 Å². The smallest absolute Gasteiger partial charge is 0.0527 e. The van der Waals surface area contributed by atoms with Crippen molar-refractivity contribution < 1.29 is 0 Å². The van der Waals surface area contributed by atoms with E-state index in [0.717, 1.165) is 0 Å². The first-order valence-corrected chi connectivity index (χ1v) is 5.69. The molecule has 1 atom stereocenters. The molecular formula is C10H23NS. The lowest BCUT2D eigenvalue weighted by molar-refractivity contribution is 0.248. The van der Waals surface area contributed by atoms with Crippen molar-refractivity contribution in [3.05, 3.63) is 0 Å². The fourth-order valence-corrected chi connectivity index (χ4v) is 1.91. The maximum Gasteiger partial charge on any atom is 0.0527 e. The monoisotopic (exact) mass is 189 g/mol. The summed E-state index contributed by atoms with van der Waals surface area (Å²) in [6.07, 6.45) is 4.92. The molecule has 0 aliphatic carbocycles. The maximum absolute atomic E-state index is 4.60. The first-order valence-electron chi connectivity index (χ1n) is 5.18. The number of hydrogen-bond acceptors (Lipinski definition) is 2. The van der Waals surface area contributed by atoms with Crippen molar-refractivity contribution >= 4 is 12.6 Å². The van der Waals surface area contributed by atoms with Crippen LogP contribution in [0.1, 0.15) is 46.5 Å². The first-order chi connectivity index (χ1) is 5.76. The normalized spacial score (nSPS) is 13.8. The Hall–Kier alpha value is 0.310. The van der Waals surface area contributed by atoms with Crippen LogP contribution in [0.25, 0.3) is 0 Å². The van der Waals surface area contributed by atoms with Crippen LogP contribution in [0.3, 0.4) is 0 Å². The Morgan fingerprint density at radius 1 is 1.00 bits per heavy atom. The van der Waals surface area contributed by atoms with E-state index in [4.69, 9.17) is 0 Å². The lowest BCUT2D eigenvalue weighted by Gasteiger charge is -2.27. The molecule has 0 aromatic carbocycles.